The minimum atomic E-state index is -1.02. The van der Waals surface area contributed by atoms with Crippen LogP contribution in [0.4, 0.5) is 4.79 Å². The highest BCUT2D eigenvalue weighted by molar-refractivity contribution is 5.78. The van der Waals surface area contributed by atoms with Crippen LogP contribution in [-0.2, 0) is 6.42 Å². The van der Waals surface area contributed by atoms with E-state index in [4.69, 9.17) is 9.84 Å². The second-order valence-corrected chi connectivity index (χ2v) is 5.69. The fourth-order valence-electron chi connectivity index (χ4n) is 3.09. The lowest BCUT2D eigenvalue weighted by molar-refractivity contribution is 0.181. The van der Waals surface area contributed by atoms with Crippen molar-refractivity contribution in [1.82, 2.24) is 5.32 Å². The highest BCUT2D eigenvalue weighted by atomic mass is 16.5. The Hall–Kier alpha value is -2.49. The first-order valence-electron chi connectivity index (χ1n) is 7.38. The van der Waals surface area contributed by atoms with Crippen molar-refractivity contribution < 1.29 is 14.6 Å². The number of carbonyl (C=O) groups is 1. The summed E-state index contributed by atoms with van der Waals surface area (Å²) in [4.78, 5) is 10.6. The molecule has 4 heteroatoms. The van der Waals surface area contributed by atoms with Gasteiger partial charge in [-0.1, -0.05) is 36.4 Å². The van der Waals surface area contributed by atoms with Crippen molar-refractivity contribution in [3.8, 4) is 16.9 Å². The van der Waals surface area contributed by atoms with Crippen molar-refractivity contribution in [2.45, 2.75) is 26.4 Å². The highest BCUT2D eigenvalue weighted by Crippen LogP contribution is 2.41. The van der Waals surface area contributed by atoms with E-state index >= 15 is 0 Å². The predicted molar refractivity (Wildman–Crippen MR) is 85.5 cm³/mol. The maximum absolute atomic E-state index is 10.6. The number of hydrogen-bond donors (Lipinski definition) is 2. The van der Waals surface area contributed by atoms with Gasteiger partial charge in [-0.05, 0) is 36.1 Å². The summed E-state index contributed by atoms with van der Waals surface area (Å²) >= 11 is 0. The molecule has 0 saturated heterocycles. The Bertz CT molecular complexity index is 704. The molecular formula is C18H19NO3. The van der Waals surface area contributed by atoms with Gasteiger partial charge in [0.1, 0.15) is 11.9 Å². The average molecular weight is 297 g/mol. The molecule has 0 radical (unpaired) electrons. The molecule has 2 aromatic carbocycles. The van der Waals surface area contributed by atoms with Gasteiger partial charge in [-0.15, -0.1) is 0 Å². The summed E-state index contributed by atoms with van der Waals surface area (Å²) in [6, 6.07) is 12.4. The maximum atomic E-state index is 10.6. The maximum Gasteiger partial charge on any atom is 0.404 e. The van der Waals surface area contributed by atoms with E-state index in [1.165, 1.54) is 16.7 Å². The molecule has 1 unspecified atom stereocenters. The third kappa shape index (κ3) is 2.64. The highest BCUT2D eigenvalue weighted by Gasteiger charge is 2.26. The molecule has 0 aromatic heterocycles. The van der Waals surface area contributed by atoms with Crippen LogP contribution >= 0.6 is 0 Å². The van der Waals surface area contributed by atoms with Crippen molar-refractivity contribution in [3.63, 3.8) is 0 Å². The number of carboxylic acid groups (broad SMARTS) is 1. The van der Waals surface area contributed by atoms with Crippen LogP contribution in [0.3, 0.4) is 0 Å². The van der Waals surface area contributed by atoms with Crippen LogP contribution in [0.25, 0.3) is 11.1 Å². The van der Waals surface area contributed by atoms with E-state index in [0.717, 1.165) is 23.3 Å². The molecule has 0 fully saturated rings. The third-order valence-electron chi connectivity index (χ3n) is 4.06. The first kappa shape index (κ1) is 14.4. The molecule has 1 heterocycles. The summed E-state index contributed by atoms with van der Waals surface area (Å²) in [7, 11) is 0. The molecule has 3 rings (SSSR count). The molecule has 4 nitrogen and oxygen atoms in total. The third-order valence-corrected chi connectivity index (χ3v) is 4.06. The summed E-state index contributed by atoms with van der Waals surface area (Å²) in [6.45, 7) is 4.50. The van der Waals surface area contributed by atoms with Gasteiger partial charge in [0.05, 0.1) is 6.54 Å². The number of para-hydroxylation sites is 1. The van der Waals surface area contributed by atoms with Crippen molar-refractivity contribution in [1.29, 1.82) is 0 Å². The topological polar surface area (TPSA) is 58.6 Å². The van der Waals surface area contributed by atoms with E-state index < -0.39 is 6.09 Å². The van der Waals surface area contributed by atoms with Gasteiger partial charge in [0.25, 0.3) is 0 Å². The van der Waals surface area contributed by atoms with Crippen molar-refractivity contribution in [3.05, 3.63) is 53.1 Å². The van der Waals surface area contributed by atoms with Crippen LogP contribution in [0.1, 0.15) is 16.7 Å². The SMILES string of the molecule is Cc1cccc(C)c1-c1cccc2c1OC(CNC(=O)O)C2. The smallest absolute Gasteiger partial charge is 0.404 e. The van der Waals surface area contributed by atoms with Crippen LogP contribution in [0.2, 0.25) is 0 Å². The van der Waals surface area contributed by atoms with Gasteiger partial charge < -0.3 is 15.2 Å². The molecule has 1 amide bonds. The fraction of sp³-hybridized carbons (Fsp3) is 0.278. The van der Waals surface area contributed by atoms with E-state index in [1.807, 2.05) is 12.1 Å². The van der Waals surface area contributed by atoms with Gasteiger partial charge in [0.15, 0.2) is 0 Å². The molecule has 114 valence electrons. The van der Waals surface area contributed by atoms with Gasteiger partial charge in [0.2, 0.25) is 0 Å². The number of aryl methyl sites for hydroxylation is 2. The van der Waals surface area contributed by atoms with E-state index in [2.05, 4.69) is 43.4 Å². The summed E-state index contributed by atoms with van der Waals surface area (Å²) < 4.78 is 6.03. The van der Waals surface area contributed by atoms with Gasteiger partial charge in [0, 0.05) is 12.0 Å². The minimum absolute atomic E-state index is 0.142. The molecule has 0 bridgehead atoms. The monoisotopic (exact) mass is 297 g/mol. The first-order valence-corrected chi connectivity index (χ1v) is 7.38. The van der Waals surface area contributed by atoms with Crippen LogP contribution < -0.4 is 10.1 Å². The second-order valence-electron chi connectivity index (χ2n) is 5.69. The van der Waals surface area contributed by atoms with Gasteiger partial charge in [-0.2, -0.15) is 0 Å². The lowest BCUT2D eigenvalue weighted by Gasteiger charge is -2.15. The van der Waals surface area contributed by atoms with Crippen molar-refractivity contribution in [2.75, 3.05) is 6.54 Å². The Morgan fingerprint density at radius 3 is 2.59 bits per heavy atom. The van der Waals surface area contributed by atoms with E-state index in [1.54, 1.807) is 0 Å². The summed E-state index contributed by atoms with van der Waals surface area (Å²) in [5, 5.41) is 11.1. The van der Waals surface area contributed by atoms with Crippen molar-refractivity contribution in [2.24, 2.45) is 0 Å². The van der Waals surface area contributed by atoms with Gasteiger partial charge >= 0.3 is 6.09 Å². The normalized spacial score (nSPS) is 16.0. The first-order chi connectivity index (χ1) is 10.6. The zero-order chi connectivity index (χ0) is 15.7. The number of benzene rings is 2. The molecule has 1 aliphatic rings. The van der Waals surface area contributed by atoms with Crippen LogP contribution in [0, 0.1) is 13.8 Å². The standard InChI is InChI=1S/C18H19NO3/c1-11-5-3-6-12(2)16(11)15-8-4-7-13-9-14(22-17(13)15)10-19-18(20)21/h3-8,14,19H,9-10H2,1-2H3,(H,20,21). The molecule has 22 heavy (non-hydrogen) atoms. The minimum Gasteiger partial charge on any atom is -0.487 e. The van der Waals surface area contributed by atoms with E-state index in [-0.39, 0.29) is 6.10 Å². The second kappa shape index (κ2) is 5.72. The van der Waals surface area contributed by atoms with Crippen LogP contribution in [0.5, 0.6) is 5.75 Å². The molecule has 0 spiro atoms. The number of rotatable bonds is 3. The number of hydrogen-bond acceptors (Lipinski definition) is 2. The zero-order valence-electron chi connectivity index (χ0n) is 12.7. The molecule has 2 aromatic rings. The largest absolute Gasteiger partial charge is 0.487 e. The van der Waals surface area contributed by atoms with Crippen LogP contribution in [0.15, 0.2) is 36.4 Å². The Morgan fingerprint density at radius 1 is 1.23 bits per heavy atom. The summed E-state index contributed by atoms with van der Waals surface area (Å²) in [5.74, 6) is 0.886. The number of nitrogens with one attached hydrogen (secondary N) is 1. The molecule has 1 atom stereocenters. The van der Waals surface area contributed by atoms with Crippen molar-refractivity contribution >= 4 is 6.09 Å². The predicted octanol–water partition coefficient (Wildman–Crippen LogP) is 3.54. The average Bonchev–Trinajstić information content (AvgIpc) is 2.88. The van der Waals surface area contributed by atoms with E-state index in [9.17, 15) is 4.79 Å². The lowest BCUT2D eigenvalue weighted by Crippen LogP contribution is -2.33. The Morgan fingerprint density at radius 2 is 1.91 bits per heavy atom. The Kier molecular flexibility index (Phi) is 3.75. The number of amides is 1. The Balaban J connectivity index is 1.95. The lowest BCUT2D eigenvalue weighted by atomic mass is 9.93. The quantitative estimate of drug-likeness (QED) is 0.911. The fourth-order valence-corrected chi connectivity index (χ4v) is 3.09. The van der Waals surface area contributed by atoms with E-state index in [0.29, 0.717) is 6.54 Å². The number of ether oxygens (including phenoxy) is 1. The summed E-state index contributed by atoms with van der Waals surface area (Å²) in [5.41, 5.74) is 5.85. The van der Waals surface area contributed by atoms with Gasteiger partial charge in [-0.25, -0.2) is 4.79 Å². The molecule has 2 N–H and O–H groups in total. The van der Waals surface area contributed by atoms with Gasteiger partial charge in [-0.3, -0.25) is 0 Å². The molecule has 0 saturated carbocycles. The molecule has 0 aliphatic carbocycles. The molecular weight excluding hydrogens is 278 g/mol. The number of fused-ring (bicyclic) bond motifs is 1. The van der Waals surface area contributed by atoms with Crippen LogP contribution in [-0.4, -0.2) is 23.8 Å². The molecule has 1 aliphatic heterocycles. The Labute approximate surface area is 129 Å². The zero-order valence-corrected chi connectivity index (χ0v) is 12.7. The summed E-state index contributed by atoms with van der Waals surface area (Å²) in [6.07, 6.45) is -0.430.